The Morgan fingerprint density at radius 1 is 1.19 bits per heavy atom. The maximum Gasteiger partial charge on any atom is 0.490 e. The third-order valence-corrected chi connectivity index (χ3v) is 5.36. The third-order valence-electron chi connectivity index (χ3n) is 4.76. The zero-order valence-electron chi connectivity index (χ0n) is 18.8. The highest BCUT2D eigenvalue weighted by Gasteiger charge is 2.38. The van der Waals surface area contributed by atoms with Crippen molar-refractivity contribution in [2.24, 2.45) is 5.73 Å². The quantitative estimate of drug-likeness (QED) is 0.285. The monoisotopic (exact) mass is 525 g/mol. The lowest BCUT2D eigenvalue weighted by Crippen LogP contribution is -2.21. The fourth-order valence-electron chi connectivity index (χ4n) is 3.20. The minimum atomic E-state index is -5.08. The lowest BCUT2D eigenvalue weighted by Gasteiger charge is -2.04. The van der Waals surface area contributed by atoms with Crippen molar-refractivity contribution in [1.29, 1.82) is 0 Å². The van der Waals surface area contributed by atoms with Crippen LogP contribution >= 0.6 is 0 Å². The number of benzene rings is 2. The molecule has 4 rings (SSSR count). The van der Waals surface area contributed by atoms with Gasteiger partial charge in [-0.2, -0.15) is 18.2 Å². The SMILES string of the molecule is CS(=O)(=O)Nc1ccc(Cc2noc(-c3ccc4[nH]cc(CCN)c4c3)n2)cc1.O=C(O)C(F)(F)F. The van der Waals surface area contributed by atoms with Crippen molar-refractivity contribution < 1.29 is 36.0 Å². The number of alkyl halides is 3. The molecule has 0 saturated carbocycles. The van der Waals surface area contributed by atoms with Crippen LogP contribution in [0.2, 0.25) is 0 Å². The molecular weight excluding hydrogens is 503 g/mol. The Kier molecular flexibility index (Phi) is 8.00. The lowest BCUT2D eigenvalue weighted by molar-refractivity contribution is -0.192. The molecule has 2 aromatic carbocycles. The van der Waals surface area contributed by atoms with Crippen LogP contribution in [0.4, 0.5) is 18.9 Å². The maximum absolute atomic E-state index is 11.3. The molecule has 0 aliphatic heterocycles. The van der Waals surface area contributed by atoms with Gasteiger partial charge in [-0.3, -0.25) is 4.72 Å². The third kappa shape index (κ3) is 7.29. The molecule has 0 aliphatic carbocycles. The van der Waals surface area contributed by atoms with E-state index in [-0.39, 0.29) is 0 Å². The first kappa shape index (κ1) is 26.7. The number of fused-ring (bicyclic) bond motifs is 1. The van der Waals surface area contributed by atoms with Crippen molar-refractivity contribution in [1.82, 2.24) is 15.1 Å². The molecule has 10 nitrogen and oxygen atoms in total. The molecule has 0 spiro atoms. The number of halogens is 3. The van der Waals surface area contributed by atoms with Gasteiger partial charge in [0.25, 0.3) is 5.89 Å². The summed E-state index contributed by atoms with van der Waals surface area (Å²) < 4.78 is 62.2. The van der Waals surface area contributed by atoms with Crippen molar-refractivity contribution in [3.8, 4) is 11.5 Å². The summed E-state index contributed by atoms with van der Waals surface area (Å²) in [5.74, 6) is -1.75. The normalized spacial score (nSPS) is 11.7. The number of sulfonamides is 1. The summed E-state index contributed by atoms with van der Waals surface area (Å²) in [7, 11) is -3.29. The van der Waals surface area contributed by atoms with Gasteiger partial charge in [0, 0.05) is 34.8 Å². The van der Waals surface area contributed by atoms with E-state index in [1.54, 1.807) is 12.1 Å². The number of rotatable bonds is 7. The predicted octanol–water partition coefficient (Wildman–Crippen LogP) is 3.31. The van der Waals surface area contributed by atoms with Gasteiger partial charge < -0.3 is 20.3 Å². The number of aromatic amines is 1. The summed E-state index contributed by atoms with van der Waals surface area (Å²) in [5.41, 5.74) is 10.2. The average Bonchev–Trinajstić information content (AvgIpc) is 3.41. The zero-order chi connectivity index (χ0) is 26.5. The van der Waals surface area contributed by atoms with Crippen LogP contribution < -0.4 is 10.5 Å². The number of H-pyrrole nitrogens is 1. The Balaban J connectivity index is 0.000000454. The number of anilines is 1. The number of carboxylic acid groups (broad SMARTS) is 1. The van der Waals surface area contributed by atoms with Crippen molar-refractivity contribution in [2.45, 2.75) is 19.0 Å². The second kappa shape index (κ2) is 10.8. The molecule has 0 radical (unpaired) electrons. The van der Waals surface area contributed by atoms with E-state index in [1.807, 2.05) is 36.5 Å². The summed E-state index contributed by atoms with van der Waals surface area (Å²) in [5, 5.41) is 12.3. The zero-order valence-corrected chi connectivity index (χ0v) is 19.7. The van der Waals surface area contributed by atoms with Crippen molar-refractivity contribution in [3.05, 3.63) is 65.6 Å². The van der Waals surface area contributed by atoms with Gasteiger partial charge in [0.2, 0.25) is 10.0 Å². The summed E-state index contributed by atoms with van der Waals surface area (Å²) in [6, 6.07) is 13.0. The number of nitrogens with zero attached hydrogens (tertiary/aromatic N) is 2. The molecule has 0 unspecified atom stereocenters. The number of aromatic nitrogens is 3. The summed E-state index contributed by atoms with van der Waals surface area (Å²) in [4.78, 5) is 16.6. The number of hydrogen-bond acceptors (Lipinski definition) is 7. The van der Waals surface area contributed by atoms with E-state index >= 15 is 0 Å². The molecule has 2 aromatic heterocycles. The van der Waals surface area contributed by atoms with Crippen molar-refractivity contribution >= 4 is 32.6 Å². The molecule has 4 aromatic rings. The van der Waals surface area contributed by atoms with Gasteiger partial charge in [-0.05, 0) is 54.4 Å². The Bertz CT molecular complexity index is 1450. The highest BCUT2D eigenvalue weighted by molar-refractivity contribution is 7.92. The summed E-state index contributed by atoms with van der Waals surface area (Å²) >= 11 is 0. The number of carbonyl (C=O) groups is 1. The van der Waals surface area contributed by atoms with Gasteiger partial charge in [0.05, 0.1) is 6.26 Å². The van der Waals surface area contributed by atoms with E-state index in [4.69, 9.17) is 20.2 Å². The predicted molar refractivity (Wildman–Crippen MR) is 126 cm³/mol. The number of nitrogens with one attached hydrogen (secondary N) is 2. The molecule has 2 heterocycles. The molecule has 0 saturated heterocycles. The highest BCUT2D eigenvalue weighted by Crippen LogP contribution is 2.26. The van der Waals surface area contributed by atoms with Crippen LogP contribution in [0.3, 0.4) is 0 Å². The van der Waals surface area contributed by atoms with Gasteiger partial charge in [-0.1, -0.05) is 17.3 Å². The van der Waals surface area contributed by atoms with Crippen LogP contribution in [0.15, 0.2) is 53.2 Å². The molecule has 0 bridgehead atoms. The topological polar surface area (TPSA) is 164 Å². The minimum absolute atomic E-state index is 0.456. The molecule has 0 fully saturated rings. The summed E-state index contributed by atoms with van der Waals surface area (Å²) in [6.45, 7) is 0.584. The number of carboxylic acids is 1. The van der Waals surface area contributed by atoms with Crippen molar-refractivity contribution in [3.63, 3.8) is 0 Å². The molecular formula is C22H22F3N5O5S. The Morgan fingerprint density at radius 3 is 2.44 bits per heavy atom. The fourth-order valence-corrected chi connectivity index (χ4v) is 3.77. The van der Waals surface area contributed by atoms with E-state index in [1.165, 1.54) is 0 Å². The van der Waals surface area contributed by atoms with Crippen LogP contribution in [0.25, 0.3) is 22.4 Å². The Morgan fingerprint density at radius 2 is 1.86 bits per heavy atom. The van der Waals surface area contributed by atoms with Crippen LogP contribution in [0, 0.1) is 0 Å². The Labute approximate surface area is 203 Å². The number of hydrogen-bond donors (Lipinski definition) is 4. The highest BCUT2D eigenvalue weighted by atomic mass is 32.2. The van der Waals surface area contributed by atoms with E-state index in [0.29, 0.717) is 30.4 Å². The molecule has 5 N–H and O–H groups in total. The molecule has 0 amide bonds. The second-order valence-electron chi connectivity index (χ2n) is 7.68. The molecule has 0 atom stereocenters. The van der Waals surface area contributed by atoms with Crippen LogP contribution in [0.5, 0.6) is 0 Å². The van der Waals surface area contributed by atoms with E-state index in [2.05, 4.69) is 19.8 Å². The van der Waals surface area contributed by atoms with Gasteiger partial charge >= 0.3 is 12.1 Å². The summed E-state index contributed by atoms with van der Waals surface area (Å²) in [6.07, 6.45) is -0.718. The average molecular weight is 526 g/mol. The van der Waals surface area contributed by atoms with Gasteiger partial charge in [-0.25, -0.2) is 13.2 Å². The largest absolute Gasteiger partial charge is 0.490 e. The number of aliphatic carboxylic acids is 1. The first-order valence-corrected chi connectivity index (χ1v) is 12.2. The molecule has 0 aliphatic rings. The van der Waals surface area contributed by atoms with Crippen LogP contribution in [-0.2, 0) is 27.7 Å². The maximum atomic E-state index is 11.3. The van der Waals surface area contributed by atoms with Gasteiger partial charge in [-0.15, -0.1) is 0 Å². The van der Waals surface area contributed by atoms with Crippen LogP contribution in [0.1, 0.15) is 17.0 Å². The van der Waals surface area contributed by atoms with E-state index < -0.39 is 22.2 Å². The first-order valence-electron chi connectivity index (χ1n) is 10.4. The van der Waals surface area contributed by atoms with E-state index in [9.17, 15) is 21.6 Å². The van der Waals surface area contributed by atoms with Crippen molar-refractivity contribution in [2.75, 3.05) is 17.5 Å². The van der Waals surface area contributed by atoms with Gasteiger partial charge in [0.1, 0.15) is 0 Å². The molecule has 192 valence electrons. The second-order valence-corrected chi connectivity index (χ2v) is 9.43. The van der Waals surface area contributed by atoms with Crippen LogP contribution in [-0.4, -0.2) is 53.6 Å². The fraction of sp³-hybridized carbons (Fsp3) is 0.227. The molecule has 14 heteroatoms. The Hall–Kier alpha value is -3.91. The lowest BCUT2D eigenvalue weighted by atomic mass is 10.1. The minimum Gasteiger partial charge on any atom is -0.475 e. The van der Waals surface area contributed by atoms with E-state index in [0.717, 1.165) is 40.3 Å². The first-order chi connectivity index (χ1) is 16.9. The molecule has 36 heavy (non-hydrogen) atoms. The number of nitrogens with two attached hydrogens (primary N) is 1. The van der Waals surface area contributed by atoms with Gasteiger partial charge in [0.15, 0.2) is 5.82 Å². The smallest absolute Gasteiger partial charge is 0.475 e. The standard InChI is InChI=1S/C20H21N5O3S.C2HF3O2/c1-29(26,27)25-16-5-2-13(3-6-16)10-19-23-20(28-24-19)14-4-7-18-17(11-14)15(8-9-21)12-22-18;3-2(4,5)1(6)7/h2-7,11-12,22,25H,8-10,21H2,1H3;(H,6,7).